The summed E-state index contributed by atoms with van der Waals surface area (Å²) in [5.41, 5.74) is 0.233. The predicted octanol–water partition coefficient (Wildman–Crippen LogP) is 2.30. The fraction of sp³-hybridized carbons (Fsp3) is 0.250. The molecule has 1 aromatic heterocycles. The maximum atomic E-state index is 12.2. The summed E-state index contributed by atoms with van der Waals surface area (Å²) in [6.45, 7) is -1.91. The van der Waals surface area contributed by atoms with E-state index in [9.17, 15) is 31.2 Å². The summed E-state index contributed by atoms with van der Waals surface area (Å²) in [4.78, 5) is 25.4. The Bertz CT molecular complexity index is 927. The first-order chi connectivity index (χ1) is 13.0. The van der Waals surface area contributed by atoms with E-state index < -0.39 is 28.7 Å². The Kier molecular flexibility index (Phi) is 6.80. The van der Waals surface area contributed by atoms with Crippen LogP contribution in [0.5, 0.6) is 0 Å². The number of rotatable bonds is 7. The van der Waals surface area contributed by atoms with Crippen molar-refractivity contribution >= 4 is 38.9 Å². The summed E-state index contributed by atoms with van der Waals surface area (Å²) in [6.07, 6.45) is -4.67. The molecule has 0 aliphatic carbocycles. The summed E-state index contributed by atoms with van der Waals surface area (Å²) in [5.74, 6) is -0.833. The van der Waals surface area contributed by atoms with Crippen LogP contribution in [-0.2, 0) is 14.8 Å². The molecule has 0 spiro atoms. The summed E-state index contributed by atoms with van der Waals surface area (Å²) in [6, 6.07) is 7.95. The molecular weight excluding hydrogens is 419 g/mol. The van der Waals surface area contributed by atoms with Crippen molar-refractivity contribution in [3.8, 4) is 0 Å². The molecule has 1 aromatic carbocycles. The number of likely N-dealkylation sites (N-methyl/N-ethyl adjacent to an activating group) is 1. The molecular formula is C16H16F3N3O4S2. The van der Waals surface area contributed by atoms with Gasteiger partial charge in [0.2, 0.25) is 15.9 Å². The molecule has 7 nitrogen and oxygen atoms in total. The van der Waals surface area contributed by atoms with Crippen molar-refractivity contribution in [3.05, 3.63) is 46.7 Å². The molecule has 28 heavy (non-hydrogen) atoms. The Labute approximate surface area is 163 Å². The van der Waals surface area contributed by atoms with Crippen molar-refractivity contribution < 1.29 is 31.2 Å². The van der Waals surface area contributed by atoms with E-state index in [-0.39, 0.29) is 23.0 Å². The summed E-state index contributed by atoms with van der Waals surface area (Å²) >= 11 is 1.24. The zero-order valence-corrected chi connectivity index (χ0v) is 16.1. The van der Waals surface area contributed by atoms with Gasteiger partial charge < -0.3 is 10.2 Å². The first kappa shape index (κ1) is 21.9. The van der Waals surface area contributed by atoms with Crippen LogP contribution in [0.1, 0.15) is 9.67 Å². The number of sulfonamides is 1. The number of benzene rings is 1. The van der Waals surface area contributed by atoms with Crippen molar-refractivity contribution in [3.63, 3.8) is 0 Å². The molecule has 152 valence electrons. The van der Waals surface area contributed by atoms with Crippen LogP contribution in [0, 0.1) is 0 Å². The zero-order valence-electron chi connectivity index (χ0n) is 14.5. The molecule has 2 rings (SSSR count). The molecule has 0 radical (unpaired) electrons. The van der Waals surface area contributed by atoms with Gasteiger partial charge in [-0.15, -0.1) is 11.3 Å². The molecule has 2 amide bonds. The third-order valence-corrected chi connectivity index (χ3v) is 5.65. The van der Waals surface area contributed by atoms with Crippen LogP contribution in [0.4, 0.5) is 18.9 Å². The van der Waals surface area contributed by atoms with Gasteiger partial charge in [-0.25, -0.2) is 13.1 Å². The molecule has 0 bridgehead atoms. The predicted molar refractivity (Wildman–Crippen MR) is 97.6 cm³/mol. The monoisotopic (exact) mass is 435 g/mol. The van der Waals surface area contributed by atoms with Gasteiger partial charge in [0.25, 0.3) is 5.91 Å². The summed E-state index contributed by atoms with van der Waals surface area (Å²) in [5, 5.41) is 4.22. The van der Waals surface area contributed by atoms with Crippen LogP contribution >= 0.6 is 11.3 Å². The largest absolute Gasteiger partial charge is 0.402 e. The molecule has 0 aliphatic rings. The van der Waals surface area contributed by atoms with Gasteiger partial charge in [0.05, 0.1) is 16.3 Å². The SMILES string of the molecule is CN(CC(=O)Nc1ccc(S(=O)(=O)NCC(F)(F)F)cc1)C(=O)c1cccs1. The second kappa shape index (κ2) is 8.71. The van der Waals surface area contributed by atoms with Crippen LogP contribution in [0.15, 0.2) is 46.7 Å². The number of carbonyl (C=O) groups excluding carboxylic acids is 2. The number of carbonyl (C=O) groups is 2. The number of halogens is 3. The highest BCUT2D eigenvalue weighted by molar-refractivity contribution is 7.89. The Morgan fingerprint density at radius 2 is 1.79 bits per heavy atom. The molecule has 0 aliphatic heterocycles. The maximum absolute atomic E-state index is 12.2. The fourth-order valence-corrected chi connectivity index (χ4v) is 3.79. The lowest BCUT2D eigenvalue weighted by Crippen LogP contribution is -2.34. The van der Waals surface area contributed by atoms with Gasteiger partial charge in [-0.05, 0) is 35.7 Å². The van der Waals surface area contributed by atoms with E-state index in [2.05, 4.69) is 5.32 Å². The zero-order chi connectivity index (χ0) is 20.9. The highest BCUT2D eigenvalue weighted by Gasteiger charge is 2.30. The van der Waals surface area contributed by atoms with Crippen LogP contribution in [0.2, 0.25) is 0 Å². The number of alkyl halides is 3. The molecule has 0 saturated heterocycles. The van der Waals surface area contributed by atoms with E-state index in [1.165, 1.54) is 40.1 Å². The Balaban J connectivity index is 1.94. The van der Waals surface area contributed by atoms with E-state index in [0.717, 1.165) is 12.1 Å². The second-order valence-corrected chi connectivity index (χ2v) is 8.37. The van der Waals surface area contributed by atoms with E-state index >= 15 is 0 Å². The summed E-state index contributed by atoms with van der Waals surface area (Å²) < 4.78 is 61.5. The van der Waals surface area contributed by atoms with Gasteiger partial charge >= 0.3 is 6.18 Å². The lowest BCUT2D eigenvalue weighted by atomic mass is 10.3. The first-order valence-electron chi connectivity index (χ1n) is 7.73. The minimum Gasteiger partial charge on any atom is -0.332 e. The molecule has 1 heterocycles. The van der Waals surface area contributed by atoms with Crippen molar-refractivity contribution in [2.45, 2.75) is 11.1 Å². The van der Waals surface area contributed by atoms with E-state index in [1.807, 2.05) is 0 Å². The number of thiophene rings is 1. The molecule has 0 saturated carbocycles. The highest BCUT2D eigenvalue weighted by Crippen LogP contribution is 2.17. The van der Waals surface area contributed by atoms with Gasteiger partial charge in [-0.3, -0.25) is 9.59 Å². The van der Waals surface area contributed by atoms with Crippen molar-refractivity contribution in [1.29, 1.82) is 0 Å². The quantitative estimate of drug-likeness (QED) is 0.698. The topological polar surface area (TPSA) is 95.6 Å². The number of hydrogen-bond donors (Lipinski definition) is 2. The van der Waals surface area contributed by atoms with E-state index in [4.69, 9.17) is 0 Å². The molecule has 0 fully saturated rings. The van der Waals surface area contributed by atoms with Gasteiger partial charge in [0, 0.05) is 12.7 Å². The van der Waals surface area contributed by atoms with Gasteiger partial charge in [0.15, 0.2) is 0 Å². The average molecular weight is 435 g/mol. The van der Waals surface area contributed by atoms with E-state index in [1.54, 1.807) is 17.5 Å². The molecule has 2 aromatic rings. The van der Waals surface area contributed by atoms with Crippen LogP contribution in [-0.4, -0.2) is 51.4 Å². The van der Waals surface area contributed by atoms with Crippen molar-refractivity contribution in [2.24, 2.45) is 0 Å². The lowest BCUT2D eigenvalue weighted by molar-refractivity contribution is -0.121. The van der Waals surface area contributed by atoms with Crippen molar-refractivity contribution in [2.75, 3.05) is 25.5 Å². The maximum Gasteiger partial charge on any atom is 0.402 e. The van der Waals surface area contributed by atoms with Crippen LogP contribution < -0.4 is 10.0 Å². The number of amides is 2. The number of nitrogens with one attached hydrogen (secondary N) is 2. The normalized spacial score (nSPS) is 11.9. The van der Waals surface area contributed by atoms with Gasteiger partial charge in [-0.2, -0.15) is 13.2 Å². The third kappa shape index (κ3) is 6.32. The van der Waals surface area contributed by atoms with Gasteiger partial charge in [-0.1, -0.05) is 6.07 Å². The average Bonchev–Trinajstić information content (AvgIpc) is 3.14. The smallest absolute Gasteiger partial charge is 0.332 e. The minimum absolute atomic E-state index is 0.232. The van der Waals surface area contributed by atoms with Gasteiger partial charge in [0.1, 0.15) is 6.54 Å². The molecule has 12 heteroatoms. The van der Waals surface area contributed by atoms with Crippen molar-refractivity contribution in [1.82, 2.24) is 9.62 Å². The number of hydrogen-bond acceptors (Lipinski definition) is 5. The lowest BCUT2D eigenvalue weighted by Gasteiger charge is -2.16. The second-order valence-electron chi connectivity index (χ2n) is 5.65. The standard InChI is InChI=1S/C16H16F3N3O4S2/c1-22(15(24)13-3-2-8-27-13)9-14(23)21-11-4-6-12(7-5-11)28(25,26)20-10-16(17,18)19/h2-8,20H,9-10H2,1H3,(H,21,23). The fourth-order valence-electron chi connectivity index (χ4n) is 2.05. The third-order valence-electron chi connectivity index (χ3n) is 3.37. The molecule has 0 atom stereocenters. The first-order valence-corrected chi connectivity index (χ1v) is 10.1. The van der Waals surface area contributed by atoms with Crippen LogP contribution in [0.25, 0.3) is 0 Å². The van der Waals surface area contributed by atoms with Crippen LogP contribution in [0.3, 0.4) is 0 Å². The highest BCUT2D eigenvalue weighted by atomic mass is 32.2. The number of anilines is 1. The van der Waals surface area contributed by atoms with E-state index in [0.29, 0.717) is 4.88 Å². The summed E-state index contributed by atoms with van der Waals surface area (Å²) in [7, 11) is -2.87. The Hall–Kier alpha value is -2.44. The minimum atomic E-state index is -4.67. The molecule has 2 N–H and O–H groups in total. The Morgan fingerprint density at radius 1 is 1.14 bits per heavy atom. The number of nitrogens with zero attached hydrogens (tertiary/aromatic N) is 1. The Morgan fingerprint density at radius 3 is 2.32 bits per heavy atom. The molecule has 0 unspecified atom stereocenters.